The number of alkyl halides is 2. The molecule has 0 saturated carbocycles. The average Bonchev–Trinajstić information content (AvgIpc) is 2.64. The van der Waals surface area contributed by atoms with Gasteiger partial charge in [-0.15, -0.1) is 0 Å². The van der Waals surface area contributed by atoms with Crippen LogP contribution in [0, 0.1) is 0 Å². The highest BCUT2D eigenvalue weighted by molar-refractivity contribution is 9.24. The van der Waals surface area contributed by atoms with Crippen molar-refractivity contribution < 1.29 is 4.43 Å². The predicted octanol–water partition coefficient (Wildman–Crippen LogP) is 6.63. The maximum Gasteiger partial charge on any atom is 0.261 e. The van der Waals surface area contributed by atoms with Crippen LogP contribution >= 0.6 is 31.9 Å². The first-order valence-electron chi connectivity index (χ1n) is 9.91. The topological polar surface area (TPSA) is 9.23 Å². The lowest BCUT2D eigenvalue weighted by molar-refractivity contribution is 0.286. The Hall–Kier alpha value is -0.423. The Balaban J connectivity index is 2.18. The molecule has 0 heterocycles. The smallest absolute Gasteiger partial charge is 0.261 e. The molecule has 0 saturated heterocycles. The first kappa shape index (κ1) is 22.9. The van der Waals surface area contributed by atoms with E-state index in [-0.39, 0.29) is 5.04 Å². The van der Waals surface area contributed by atoms with E-state index in [4.69, 9.17) is 4.43 Å². The zero-order valence-electron chi connectivity index (χ0n) is 16.8. The molecule has 0 aliphatic carbocycles. The van der Waals surface area contributed by atoms with Crippen molar-refractivity contribution in [3.63, 3.8) is 0 Å². The van der Waals surface area contributed by atoms with Crippen LogP contribution in [0.4, 0.5) is 0 Å². The van der Waals surface area contributed by atoms with Crippen molar-refractivity contribution in [3.8, 4) is 0 Å². The van der Waals surface area contributed by atoms with Crippen molar-refractivity contribution in [1.82, 2.24) is 0 Å². The number of hydrogen-bond donors (Lipinski definition) is 0. The summed E-state index contributed by atoms with van der Waals surface area (Å²) >= 11 is 7.11. The van der Waals surface area contributed by atoms with Gasteiger partial charge in [-0.2, -0.15) is 0 Å². The first-order valence-corrected chi connectivity index (χ1v) is 13.6. The van der Waals surface area contributed by atoms with Crippen LogP contribution in [0.25, 0.3) is 0 Å². The third kappa shape index (κ3) is 6.28. The lowest BCUT2D eigenvalue weighted by Crippen LogP contribution is -2.66. The van der Waals surface area contributed by atoms with Crippen molar-refractivity contribution in [2.45, 2.75) is 61.7 Å². The lowest BCUT2D eigenvalue weighted by atomic mass is 10.2. The summed E-state index contributed by atoms with van der Waals surface area (Å²) in [7, 11) is -2.35. The zero-order chi connectivity index (χ0) is 19.8. The van der Waals surface area contributed by atoms with E-state index in [1.54, 1.807) is 0 Å². The van der Waals surface area contributed by atoms with Gasteiger partial charge >= 0.3 is 0 Å². The normalized spacial score (nSPS) is 12.5. The van der Waals surface area contributed by atoms with Gasteiger partial charge in [-0.05, 0) is 28.3 Å². The van der Waals surface area contributed by atoms with E-state index in [2.05, 4.69) is 113 Å². The Bertz CT molecular complexity index is 614. The highest BCUT2D eigenvalue weighted by Crippen LogP contribution is 2.36. The molecule has 0 spiro atoms. The number of hydrogen-bond acceptors (Lipinski definition) is 1. The van der Waals surface area contributed by atoms with Gasteiger partial charge in [0.1, 0.15) is 0 Å². The average molecular weight is 512 g/mol. The van der Waals surface area contributed by atoms with Gasteiger partial charge in [-0.25, -0.2) is 0 Å². The molecule has 2 aromatic carbocycles. The Kier molecular flexibility index (Phi) is 9.26. The fourth-order valence-corrected chi connectivity index (χ4v) is 8.99. The van der Waals surface area contributed by atoms with E-state index in [0.29, 0.717) is 3.74 Å². The summed E-state index contributed by atoms with van der Waals surface area (Å²) in [5.74, 6) is 0. The second-order valence-corrected chi connectivity index (χ2v) is 15.9. The molecular formula is C23H32Br2OSi. The fourth-order valence-electron chi connectivity index (χ4n) is 3.74. The van der Waals surface area contributed by atoms with Crippen LogP contribution in [-0.2, 0) is 4.43 Å². The van der Waals surface area contributed by atoms with E-state index in [9.17, 15) is 0 Å². The Morgan fingerprint density at radius 1 is 0.778 bits per heavy atom. The van der Waals surface area contributed by atoms with Gasteiger partial charge in [0, 0.05) is 6.61 Å². The Labute approximate surface area is 183 Å². The monoisotopic (exact) mass is 510 g/mol. The molecule has 0 aliphatic rings. The minimum absolute atomic E-state index is 0.0643. The van der Waals surface area contributed by atoms with Crippen molar-refractivity contribution in [2.24, 2.45) is 0 Å². The maximum absolute atomic E-state index is 6.91. The van der Waals surface area contributed by atoms with Gasteiger partial charge in [0.2, 0.25) is 0 Å². The van der Waals surface area contributed by atoms with Gasteiger partial charge in [-0.1, -0.05) is 133 Å². The summed E-state index contributed by atoms with van der Waals surface area (Å²) < 4.78 is 7.36. The molecule has 0 amide bonds. The lowest BCUT2D eigenvalue weighted by Gasteiger charge is -2.43. The largest absolute Gasteiger partial charge is 0.407 e. The second-order valence-electron chi connectivity index (χ2n) is 8.11. The van der Waals surface area contributed by atoms with Crippen LogP contribution in [0.5, 0.6) is 0 Å². The first-order chi connectivity index (χ1) is 12.9. The van der Waals surface area contributed by atoms with E-state index < -0.39 is 8.32 Å². The van der Waals surface area contributed by atoms with Gasteiger partial charge < -0.3 is 4.43 Å². The van der Waals surface area contributed by atoms with Gasteiger partial charge in [0.05, 0.1) is 3.74 Å². The Morgan fingerprint density at radius 3 is 1.70 bits per heavy atom. The quantitative estimate of drug-likeness (QED) is 0.197. The molecule has 148 valence electrons. The number of halogens is 2. The molecule has 4 heteroatoms. The van der Waals surface area contributed by atoms with E-state index in [1.807, 2.05) is 0 Å². The Morgan fingerprint density at radius 2 is 1.26 bits per heavy atom. The standard InChI is InChI=1S/C23H32Br2OSi/c1-23(2,3)27(20-14-8-6-9-15-20,21-16-10-7-11-17-21)26-19-13-5-4-12-18-22(24)25/h6-11,14-17,22H,4-5,12-13,18-19H2,1-3H3. The van der Waals surface area contributed by atoms with Crippen molar-refractivity contribution >= 4 is 50.6 Å². The maximum atomic E-state index is 6.91. The van der Waals surface area contributed by atoms with E-state index >= 15 is 0 Å². The van der Waals surface area contributed by atoms with Crippen LogP contribution in [0.2, 0.25) is 5.04 Å². The summed E-state index contributed by atoms with van der Waals surface area (Å²) in [6.45, 7) is 7.85. The number of rotatable bonds is 10. The second kappa shape index (κ2) is 10.9. The van der Waals surface area contributed by atoms with Gasteiger partial charge in [-0.3, -0.25) is 0 Å². The zero-order valence-corrected chi connectivity index (χ0v) is 20.9. The molecule has 0 unspecified atom stereocenters. The van der Waals surface area contributed by atoms with Gasteiger partial charge in [0.15, 0.2) is 0 Å². The van der Waals surface area contributed by atoms with Crippen molar-refractivity contribution in [2.75, 3.05) is 6.61 Å². The molecule has 2 aromatic rings. The predicted molar refractivity (Wildman–Crippen MR) is 128 cm³/mol. The number of unbranched alkanes of at least 4 members (excludes halogenated alkanes) is 3. The molecule has 0 aliphatic heterocycles. The van der Waals surface area contributed by atoms with Crippen molar-refractivity contribution in [3.05, 3.63) is 60.7 Å². The van der Waals surface area contributed by atoms with Crippen LogP contribution in [0.15, 0.2) is 60.7 Å². The van der Waals surface area contributed by atoms with Crippen LogP contribution in [-0.4, -0.2) is 18.7 Å². The molecule has 0 aromatic heterocycles. The van der Waals surface area contributed by atoms with E-state index in [0.717, 1.165) is 13.0 Å². The third-order valence-corrected chi connectivity index (χ3v) is 11.0. The van der Waals surface area contributed by atoms with E-state index in [1.165, 1.54) is 36.1 Å². The molecule has 0 radical (unpaired) electrons. The minimum Gasteiger partial charge on any atom is -0.407 e. The molecule has 1 nitrogen and oxygen atoms in total. The molecule has 27 heavy (non-hydrogen) atoms. The molecule has 0 atom stereocenters. The van der Waals surface area contributed by atoms with Crippen molar-refractivity contribution in [1.29, 1.82) is 0 Å². The summed E-state index contributed by atoms with van der Waals surface area (Å²) in [5.41, 5.74) is 0. The summed E-state index contributed by atoms with van der Waals surface area (Å²) in [6.07, 6.45) is 6.04. The molecule has 0 fully saturated rings. The summed E-state index contributed by atoms with van der Waals surface area (Å²) in [5, 5.41) is 2.80. The summed E-state index contributed by atoms with van der Waals surface area (Å²) in [4.78, 5) is 0. The van der Waals surface area contributed by atoms with Crippen LogP contribution < -0.4 is 10.4 Å². The van der Waals surface area contributed by atoms with Gasteiger partial charge in [0.25, 0.3) is 8.32 Å². The summed E-state index contributed by atoms with van der Waals surface area (Å²) in [6, 6.07) is 21.8. The molecule has 2 rings (SSSR count). The minimum atomic E-state index is -2.35. The molecule has 0 N–H and O–H groups in total. The highest BCUT2D eigenvalue weighted by atomic mass is 79.9. The SMILES string of the molecule is CC(C)(C)[Si](OCCCCCCC(Br)Br)(c1ccccc1)c1ccccc1. The van der Waals surface area contributed by atoms with Crippen LogP contribution in [0.1, 0.15) is 52.9 Å². The highest BCUT2D eigenvalue weighted by Gasteiger charge is 2.49. The molecule has 0 bridgehead atoms. The number of benzene rings is 2. The molecular weight excluding hydrogens is 480 g/mol. The third-order valence-electron chi connectivity index (χ3n) is 5.05. The fraction of sp³-hybridized carbons (Fsp3) is 0.478. The van der Waals surface area contributed by atoms with Crippen LogP contribution in [0.3, 0.4) is 0 Å².